The summed E-state index contributed by atoms with van der Waals surface area (Å²) < 4.78 is 7.03. The number of amides is 1. The third kappa shape index (κ3) is 4.32. The number of hydrogen-bond acceptors (Lipinski definition) is 6. The zero-order valence-electron chi connectivity index (χ0n) is 19.4. The lowest BCUT2D eigenvalue weighted by Gasteiger charge is -2.34. The average molecular weight is 449 g/mol. The number of likely N-dealkylation sites (tertiary alicyclic amines) is 1. The molecule has 2 aromatic heterocycles. The second-order valence-electron chi connectivity index (χ2n) is 9.25. The zero-order valence-corrected chi connectivity index (χ0v) is 19.4. The number of aromatic nitrogens is 3. The van der Waals surface area contributed by atoms with Gasteiger partial charge in [-0.3, -0.25) is 4.79 Å². The number of benzene rings is 1. The van der Waals surface area contributed by atoms with Crippen LogP contribution in [0.15, 0.2) is 36.5 Å². The normalized spacial score (nSPS) is 21.2. The fourth-order valence-corrected chi connectivity index (χ4v) is 5.04. The summed E-state index contributed by atoms with van der Waals surface area (Å²) in [5.41, 5.74) is 10.7. The number of anilines is 1. The molecule has 3 aromatic rings. The molecule has 0 spiro atoms. The van der Waals surface area contributed by atoms with Gasteiger partial charge >= 0.3 is 0 Å². The van der Waals surface area contributed by atoms with E-state index in [-0.39, 0.29) is 18.0 Å². The van der Waals surface area contributed by atoms with Crippen LogP contribution >= 0.6 is 0 Å². The van der Waals surface area contributed by atoms with Crippen molar-refractivity contribution in [1.29, 1.82) is 0 Å². The topological polar surface area (TPSA) is 89.0 Å². The van der Waals surface area contributed by atoms with E-state index in [1.807, 2.05) is 45.9 Å². The van der Waals surface area contributed by atoms with Crippen molar-refractivity contribution >= 4 is 17.4 Å². The van der Waals surface area contributed by atoms with Gasteiger partial charge in [-0.1, -0.05) is 12.1 Å². The van der Waals surface area contributed by atoms with Crippen molar-refractivity contribution in [2.75, 3.05) is 31.6 Å². The monoisotopic (exact) mass is 448 g/mol. The first-order valence-electron chi connectivity index (χ1n) is 11.8. The van der Waals surface area contributed by atoms with Gasteiger partial charge in [-0.15, -0.1) is 0 Å². The van der Waals surface area contributed by atoms with Gasteiger partial charge in [0.05, 0.1) is 18.3 Å². The predicted molar refractivity (Wildman–Crippen MR) is 127 cm³/mol. The smallest absolute Gasteiger partial charge is 0.254 e. The Labute approximate surface area is 194 Å². The molecule has 8 heteroatoms. The molecule has 2 fully saturated rings. The number of ether oxygens (including phenoxy) is 1. The number of nitrogens with two attached hydrogens (primary N) is 1. The molecule has 2 saturated heterocycles. The maximum atomic E-state index is 13.4. The van der Waals surface area contributed by atoms with Crippen molar-refractivity contribution in [1.82, 2.24) is 19.5 Å². The van der Waals surface area contributed by atoms with E-state index < -0.39 is 0 Å². The summed E-state index contributed by atoms with van der Waals surface area (Å²) in [4.78, 5) is 22.6. The van der Waals surface area contributed by atoms with E-state index in [1.165, 1.54) is 0 Å². The lowest BCUT2D eigenvalue weighted by Crippen LogP contribution is -2.38. The van der Waals surface area contributed by atoms with Gasteiger partial charge in [0.2, 0.25) is 0 Å². The minimum atomic E-state index is -0.0458. The summed E-state index contributed by atoms with van der Waals surface area (Å²) in [5.74, 6) is 1.03. The summed E-state index contributed by atoms with van der Waals surface area (Å²) in [6, 6.07) is 9.90. The first-order chi connectivity index (χ1) is 16.0. The standard InChI is InChI=1S/C25H32N6O2/c1-17-14-31-23(27-24(17)29-12-10-20(26)15-29)13-21(28-31)22-5-3-4-11-30(22)25(32)19-8-6-18(7-9-19)16-33-2/h6-9,13-14,20,22H,3-5,10-12,15-16,26H2,1-2H3/t20-,22-/m0/s1. The van der Waals surface area contributed by atoms with Crippen molar-refractivity contribution in [3.63, 3.8) is 0 Å². The predicted octanol–water partition coefficient (Wildman–Crippen LogP) is 3.09. The lowest BCUT2D eigenvalue weighted by atomic mass is 9.98. The molecule has 1 aromatic carbocycles. The van der Waals surface area contributed by atoms with Crippen LogP contribution in [0.2, 0.25) is 0 Å². The molecule has 2 aliphatic rings. The van der Waals surface area contributed by atoms with Gasteiger partial charge in [-0.05, 0) is 50.3 Å². The third-order valence-electron chi connectivity index (χ3n) is 6.77. The molecule has 2 N–H and O–H groups in total. The number of rotatable bonds is 5. The number of fused-ring (bicyclic) bond motifs is 1. The summed E-state index contributed by atoms with van der Waals surface area (Å²) in [6.07, 6.45) is 6.02. The van der Waals surface area contributed by atoms with E-state index in [0.29, 0.717) is 12.2 Å². The van der Waals surface area contributed by atoms with Crippen LogP contribution < -0.4 is 10.6 Å². The van der Waals surface area contributed by atoms with Gasteiger partial charge in [0.15, 0.2) is 5.65 Å². The SMILES string of the molecule is COCc1ccc(C(=O)N2CCCC[C@H]2c2cc3nc(N4CC[C@H](N)C4)c(C)cn3n2)cc1. The number of carbonyl (C=O) groups excluding carboxylic acids is 1. The number of nitrogens with zero attached hydrogens (tertiary/aromatic N) is 5. The van der Waals surface area contributed by atoms with Gasteiger partial charge in [-0.2, -0.15) is 5.10 Å². The zero-order chi connectivity index (χ0) is 22.9. The van der Waals surface area contributed by atoms with Crippen LogP contribution in [0.1, 0.15) is 58.9 Å². The Kier molecular flexibility index (Phi) is 6.03. The van der Waals surface area contributed by atoms with E-state index in [4.69, 9.17) is 20.6 Å². The summed E-state index contributed by atoms with van der Waals surface area (Å²) in [7, 11) is 1.67. The van der Waals surface area contributed by atoms with E-state index in [0.717, 1.165) is 73.6 Å². The maximum absolute atomic E-state index is 13.4. The van der Waals surface area contributed by atoms with Crippen molar-refractivity contribution in [3.8, 4) is 0 Å². The Morgan fingerprint density at radius 1 is 1.18 bits per heavy atom. The summed E-state index contributed by atoms with van der Waals surface area (Å²) >= 11 is 0. The quantitative estimate of drug-likeness (QED) is 0.645. The third-order valence-corrected chi connectivity index (χ3v) is 6.77. The molecule has 0 unspecified atom stereocenters. The highest BCUT2D eigenvalue weighted by molar-refractivity contribution is 5.94. The maximum Gasteiger partial charge on any atom is 0.254 e. The first-order valence-corrected chi connectivity index (χ1v) is 11.8. The number of piperidine rings is 1. The molecule has 4 heterocycles. The van der Waals surface area contributed by atoms with Crippen molar-refractivity contribution in [2.45, 2.75) is 51.3 Å². The minimum absolute atomic E-state index is 0.0458. The van der Waals surface area contributed by atoms with Crippen LogP contribution in [0, 0.1) is 6.92 Å². The number of hydrogen-bond donors (Lipinski definition) is 1. The van der Waals surface area contributed by atoms with E-state index in [9.17, 15) is 4.79 Å². The highest BCUT2D eigenvalue weighted by atomic mass is 16.5. The Morgan fingerprint density at radius 3 is 2.73 bits per heavy atom. The van der Waals surface area contributed by atoms with Crippen molar-refractivity contribution in [3.05, 3.63) is 58.9 Å². The van der Waals surface area contributed by atoms with Crippen LogP contribution in [0.5, 0.6) is 0 Å². The lowest BCUT2D eigenvalue weighted by molar-refractivity contribution is 0.0605. The molecule has 0 aliphatic carbocycles. The highest BCUT2D eigenvalue weighted by Crippen LogP contribution is 2.32. The largest absolute Gasteiger partial charge is 0.380 e. The van der Waals surface area contributed by atoms with Gasteiger partial charge in [0.1, 0.15) is 5.82 Å². The number of carbonyl (C=O) groups is 1. The van der Waals surface area contributed by atoms with E-state index in [2.05, 4.69) is 11.8 Å². The van der Waals surface area contributed by atoms with Crippen molar-refractivity contribution < 1.29 is 9.53 Å². The van der Waals surface area contributed by atoms with Crippen LogP contribution in [0.4, 0.5) is 5.82 Å². The average Bonchev–Trinajstić information content (AvgIpc) is 3.44. The van der Waals surface area contributed by atoms with E-state index in [1.54, 1.807) is 7.11 Å². The Bertz CT molecular complexity index is 1140. The molecule has 1 amide bonds. The minimum Gasteiger partial charge on any atom is -0.380 e. The summed E-state index contributed by atoms with van der Waals surface area (Å²) in [6.45, 7) is 5.11. The van der Waals surface area contributed by atoms with Gasteiger partial charge in [0.25, 0.3) is 5.91 Å². The second-order valence-corrected chi connectivity index (χ2v) is 9.25. The van der Waals surface area contributed by atoms with Crippen molar-refractivity contribution in [2.24, 2.45) is 5.73 Å². The molecule has 33 heavy (non-hydrogen) atoms. The molecule has 2 atom stereocenters. The van der Waals surface area contributed by atoms with Crippen LogP contribution in [-0.4, -0.2) is 58.2 Å². The molecule has 2 aliphatic heterocycles. The van der Waals surface area contributed by atoms with E-state index >= 15 is 0 Å². The Morgan fingerprint density at radius 2 is 2.00 bits per heavy atom. The molecule has 0 saturated carbocycles. The highest BCUT2D eigenvalue weighted by Gasteiger charge is 2.31. The molecule has 174 valence electrons. The van der Waals surface area contributed by atoms with Gasteiger partial charge < -0.3 is 20.3 Å². The fraction of sp³-hybridized carbons (Fsp3) is 0.480. The summed E-state index contributed by atoms with van der Waals surface area (Å²) in [5, 5.41) is 4.85. The first kappa shape index (κ1) is 21.9. The Hall–Kier alpha value is -2.97. The van der Waals surface area contributed by atoms with Crippen LogP contribution in [0.3, 0.4) is 0 Å². The molecule has 0 radical (unpaired) electrons. The molecule has 0 bridgehead atoms. The molecular weight excluding hydrogens is 416 g/mol. The van der Waals surface area contributed by atoms with Gasteiger partial charge in [0, 0.05) is 56.2 Å². The number of methoxy groups -OCH3 is 1. The van der Waals surface area contributed by atoms with Gasteiger partial charge in [-0.25, -0.2) is 9.50 Å². The van der Waals surface area contributed by atoms with Crippen LogP contribution in [-0.2, 0) is 11.3 Å². The number of aryl methyl sites for hydroxylation is 1. The molecular formula is C25H32N6O2. The Balaban J connectivity index is 1.42. The molecule has 8 nitrogen and oxygen atoms in total. The second kappa shape index (κ2) is 9.11. The van der Waals surface area contributed by atoms with Crippen LogP contribution in [0.25, 0.3) is 5.65 Å². The fourth-order valence-electron chi connectivity index (χ4n) is 5.04. The molecule has 5 rings (SSSR count).